The molecule has 2 aromatic carbocycles. The minimum absolute atomic E-state index is 0.0851. The van der Waals surface area contributed by atoms with E-state index in [2.05, 4.69) is 10.6 Å². The van der Waals surface area contributed by atoms with Crippen LogP contribution >= 0.6 is 0 Å². The summed E-state index contributed by atoms with van der Waals surface area (Å²) < 4.78 is 0. The average Bonchev–Trinajstić information content (AvgIpc) is 2.63. The molecule has 7 nitrogen and oxygen atoms in total. The number of carboxylic acid groups (broad SMARTS) is 1. The zero-order valence-corrected chi connectivity index (χ0v) is 14.0. The molecule has 0 spiro atoms. The Labute approximate surface area is 150 Å². The Kier molecular flexibility index (Phi) is 6.10. The van der Waals surface area contributed by atoms with Crippen LogP contribution in [-0.2, 0) is 9.59 Å². The predicted molar refractivity (Wildman–Crippen MR) is 95.2 cm³/mol. The maximum Gasteiger partial charge on any atom is 0.325 e. The Morgan fingerprint density at radius 1 is 1.00 bits per heavy atom. The third kappa shape index (κ3) is 4.94. The predicted octanol–water partition coefficient (Wildman–Crippen LogP) is 1.75. The van der Waals surface area contributed by atoms with E-state index in [0.29, 0.717) is 11.1 Å². The van der Waals surface area contributed by atoms with Gasteiger partial charge in [-0.05, 0) is 31.2 Å². The number of hydrogen-bond acceptors (Lipinski definition) is 4. The molecule has 7 heteroatoms. The molecule has 0 bridgehead atoms. The van der Waals surface area contributed by atoms with Crippen LogP contribution in [0.5, 0.6) is 5.75 Å². The molecule has 0 aliphatic carbocycles. The fraction of sp³-hybridized carbons (Fsp3) is 0.105. The Morgan fingerprint density at radius 2 is 1.62 bits per heavy atom. The van der Waals surface area contributed by atoms with Crippen LogP contribution in [-0.4, -0.2) is 34.0 Å². The highest BCUT2D eigenvalue weighted by atomic mass is 16.4. The number of aromatic hydroxyl groups is 1. The molecule has 0 aromatic heterocycles. The van der Waals surface area contributed by atoms with Crippen molar-refractivity contribution >= 4 is 23.9 Å². The van der Waals surface area contributed by atoms with Crippen molar-refractivity contribution in [1.82, 2.24) is 10.6 Å². The summed E-state index contributed by atoms with van der Waals surface area (Å²) in [6.07, 6.45) is 1.28. The standard InChI is InChI=1S/C19H18N2O5/c1-12(19(25)26)20-18(24)15(11-14-9-5-6-10-16(14)22)21-17(23)13-7-3-2-4-8-13/h2-12,22H,1H3,(H,20,24)(H,21,23)(H,25,26)/b15-11-. The van der Waals surface area contributed by atoms with Crippen molar-refractivity contribution in [3.8, 4) is 5.75 Å². The number of aliphatic carboxylic acids is 1. The van der Waals surface area contributed by atoms with Gasteiger partial charge in [-0.15, -0.1) is 0 Å². The van der Waals surface area contributed by atoms with E-state index < -0.39 is 23.8 Å². The van der Waals surface area contributed by atoms with E-state index in [0.717, 1.165) is 0 Å². The first kappa shape index (κ1) is 18.7. The Bertz CT molecular complexity index is 846. The molecule has 2 rings (SSSR count). The molecule has 1 unspecified atom stereocenters. The van der Waals surface area contributed by atoms with Crippen molar-refractivity contribution in [2.45, 2.75) is 13.0 Å². The zero-order valence-electron chi connectivity index (χ0n) is 14.0. The van der Waals surface area contributed by atoms with Crippen molar-refractivity contribution in [2.24, 2.45) is 0 Å². The molecule has 1 atom stereocenters. The topological polar surface area (TPSA) is 116 Å². The molecule has 26 heavy (non-hydrogen) atoms. The van der Waals surface area contributed by atoms with E-state index in [1.54, 1.807) is 48.5 Å². The van der Waals surface area contributed by atoms with Crippen molar-refractivity contribution in [3.63, 3.8) is 0 Å². The summed E-state index contributed by atoms with van der Waals surface area (Å²) in [7, 11) is 0. The summed E-state index contributed by atoms with van der Waals surface area (Å²) in [5, 5.41) is 23.6. The van der Waals surface area contributed by atoms with Gasteiger partial charge in [0.2, 0.25) is 0 Å². The maximum atomic E-state index is 12.4. The summed E-state index contributed by atoms with van der Waals surface area (Å²) in [6, 6.07) is 13.3. The lowest BCUT2D eigenvalue weighted by Crippen LogP contribution is -2.42. The molecule has 0 aliphatic heterocycles. The third-order valence-electron chi connectivity index (χ3n) is 3.48. The van der Waals surface area contributed by atoms with Crippen LogP contribution in [0.4, 0.5) is 0 Å². The second kappa shape index (κ2) is 8.48. The number of para-hydroxylation sites is 1. The number of phenolic OH excluding ortho intramolecular Hbond substituents is 1. The first-order valence-corrected chi connectivity index (χ1v) is 7.78. The van der Waals surface area contributed by atoms with E-state index in [9.17, 15) is 19.5 Å². The number of amides is 2. The second-order valence-electron chi connectivity index (χ2n) is 5.47. The third-order valence-corrected chi connectivity index (χ3v) is 3.48. The molecule has 0 radical (unpaired) electrons. The SMILES string of the molecule is CC(NC(=O)/C(=C/c1ccccc1O)NC(=O)c1ccccc1)C(=O)O. The van der Waals surface area contributed by atoms with Gasteiger partial charge in [0.15, 0.2) is 0 Å². The van der Waals surface area contributed by atoms with Crippen molar-refractivity contribution < 1.29 is 24.6 Å². The number of carboxylic acids is 1. The van der Waals surface area contributed by atoms with Crippen molar-refractivity contribution in [3.05, 3.63) is 71.4 Å². The molecular weight excluding hydrogens is 336 g/mol. The summed E-state index contributed by atoms with van der Waals surface area (Å²) in [5.74, 6) is -2.62. The lowest BCUT2D eigenvalue weighted by molar-refractivity contribution is -0.140. The van der Waals surface area contributed by atoms with Crippen molar-refractivity contribution in [2.75, 3.05) is 0 Å². The van der Waals surface area contributed by atoms with E-state index in [1.807, 2.05) is 0 Å². The number of rotatable bonds is 6. The van der Waals surface area contributed by atoms with Crippen LogP contribution in [0.15, 0.2) is 60.3 Å². The number of carbonyl (C=O) groups excluding carboxylic acids is 2. The second-order valence-corrected chi connectivity index (χ2v) is 5.47. The van der Waals surface area contributed by atoms with E-state index in [1.165, 1.54) is 19.1 Å². The largest absolute Gasteiger partial charge is 0.507 e. The molecule has 2 aromatic rings. The minimum atomic E-state index is -1.21. The van der Waals surface area contributed by atoms with E-state index >= 15 is 0 Å². The lowest BCUT2D eigenvalue weighted by atomic mass is 10.1. The highest BCUT2D eigenvalue weighted by Crippen LogP contribution is 2.18. The number of carbonyl (C=O) groups is 3. The van der Waals surface area contributed by atoms with Gasteiger partial charge in [0.25, 0.3) is 11.8 Å². The van der Waals surface area contributed by atoms with Crippen LogP contribution < -0.4 is 10.6 Å². The minimum Gasteiger partial charge on any atom is -0.507 e. The summed E-state index contributed by atoms with van der Waals surface area (Å²) in [4.78, 5) is 35.7. The normalized spacial score (nSPS) is 12.1. The first-order valence-electron chi connectivity index (χ1n) is 7.78. The summed E-state index contributed by atoms with van der Waals surface area (Å²) in [6.45, 7) is 1.30. The smallest absolute Gasteiger partial charge is 0.325 e. The van der Waals surface area contributed by atoms with Gasteiger partial charge in [-0.1, -0.05) is 36.4 Å². The molecule has 0 fully saturated rings. The molecule has 0 saturated heterocycles. The van der Waals surface area contributed by atoms with E-state index in [-0.39, 0.29) is 11.4 Å². The fourth-order valence-electron chi connectivity index (χ4n) is 2.04. The fourth-order valence-corrected chi connectivity index (χ4v) is 2.04. The Morgan fingerprint density at radius 3 is 2.23 bits per heavy atom. The number of phenols is 1. The van der Waals surface area contributed by atoms with Crippen LogP contribution in [0.25, 0.3) is 6.08 Å². The van der Waals surface area contributed by atoms with Gasteiger partial charge in [0.1, 0.15) is 17.5 Å². The van der Waals surface area contributed by atoms with Gasteiger partial charge in [-0.25, -0.2) is 0 Å². The van der Waals surface area contributed by atoms with Crippen LogP contribution in [0.3, 0.4) is 0 Å². The first-order chi connectivity index (χ1) is 12.4. The number of benzene rings is 2. The van der Waals surface area contributed by atoms with Crippen LogP contribution in [0.2, 0.25) is 0 Å². The maximum absolute atomic E-state index is 12.4. The van der Waals surface area contributed by atoms with Gasteiger partial charge in [-0.3, -0.25) is 14.4 Å². The molecule has 0 aliphatic rings. The quantitative estimate of drug-likeness (QED) is 0.590. The zero-order chi connectivity index (χ0) is 19.1. The van der Waals surface area contributed by atoms with Gasteiger partial charge in [-0.2, -0.15) is 0 Å². The number of nitrogens with one attached hydrogen (secondary N) is 2. The van der Waals surface area contributed by atoms with Gasteiger partial charge in [0.05, 0.1) is 0 Å². The van der Waals surface area contributed by atoms with Gasteiger partial charge < -0.3 is 20.8 Å². The highest BCUT2D eigenvalue weighted by molar-refractivity contribution is 6.06. The van der Waals surface area contributed by atoms with Crippen LogP contribution in [0, 0.1) is 0 Å². The molecule has 4 N–H and O–H groups in total. The summed E-state index contributed by atoms with van der Waals surface area (Å²) >= 11 is 0. The summed E-state index contributed by atoms with van der Waals surface area (Å²) in [5.41, 5.74) is 0.442. The monoisotopic (exact) mass is 354 g/mol. The van der Waals surface area contributed by atoms with Crippen LogP contribution in [0.1, 0.15) is 22.8 Å². The molecule has 0 saturated carbocycles. The average molecular weight is 354 g/mol. The molecule has 134 valence electrons. The van der Waals surface area contributed by atoms with Crippen molar-refractivity contribution in [1.29, 1.82) is 0 Å². The molecule has 0 heterocycles. The lowest BCUT2D eigenvalue weighted by Gasteiger charge is -2.13. The Hall–Kier alpha value is -3.61. The molecule has 2 amide bonds. The Balaban J connectivity index is 2.32. The highest BCUT2D eigenvalue weighted by Gasteiger charge is 2.19. The number of hydrogen-bond donors (Lipinski definition) is 4. The molecular formula is C19H18N2O5. The van der Waals surface area contributed by atoms with Gasteiger partial charge >= 0.3 is 5.97 Å². The van der Waals surface area contributed by atoms with Gasteiger partial charge in [0, 0.05) is 11.1 Å². The van der Waals surface area contributed by atoms with E-state index in [4.69, 9.17) is 5.11 Å².